The number of aromatic nitrogens is 3. The van der Waals surface area contributed by atoms with Crippen molar-refractivity contribution in [2.75, 3.05) is 13.1 Å². The van der Waals surface area contributed by atoms with Gasteiger partial charge in [0.15, 0.2) is 0 Å². The summed E-state index contributed by atoms with van der Waals surface area (Å²) in [6.07, 6.45) is 7.13. The molecular weight excluding hydrogens is 358 g/mol. The normalized spacial score (nSPS) is 16.4. The third-order valence-corrected chi connectivity index (χ3v) is 5.95. The van der Waals surface area contributed by atoms with Crippen LogP contribution in [0.15, 0.2) is 49.2 Å². The molecule has 152 valence electrons. The Morgan fingerprint density at radius 2 is 2.03 bits per heavy atom. The standard InChI is InChI=1S/C24H31N5/c1-4-7-23(24-27-20-8-5-6-9-21(20)28-24)29(19-10-12-25-13-11-19)16-22-18(3)14-17(2)15-26-22/h4-6,8-9,14-15,19,23,25H,1,7,10-13,16H2,2-3H3,(H,27,28). The zero-order chi connectivity index (χ0) is 20.2. The number of aromatic amines is 1. The van der Waals surface area contributed by atoms with Crippen LogP contribution in [0.4, 0.5) is 0 Å². The summed E-state index contributed by atoms with van der Waals surface area (Å²) in [5, 5.41) is 3.50. The van der Waals surface area contributed by atoms with Gasteiger partial charge in [-0.3, -0.25) is 9.88 Å². The van der Waals surface area contributed by atoms with Crippen molar-refractivity contribution in [2.45, 2.75) is 51.7 Å². The van der Waals surface area contributed by atoms with Crippen LogP contribution in [0.5, 0.6) is 0 Å². The molecule has 3 heterocycles. The van der Waals surface area contributed by atoms with Crippen LogP contribution in [0, 0.1) is 13.8 Å². The van der Waals surface area contributed by atoms with E-state index in [4.69, 9.17) is 9.97 Å². The Labute approximate surface area is 173 Å². The number of H-pyrrole nitrogens is 1. The van der Waals surface area contributed by atoms with Crippen molar-refractivity contribution < 1.29 is 0 Å². The van der Waals surface area contributed by atoms with E-state index in [9.17, 15) is 0 Å². The molecular formula is C24H31N5. The number of aryl methyl sites for hydroxylation is 2. The minimum atomic E-state index is 0.158. The Morgan fingerprint density at radius 1 is 1.24 bits per heavy atom. The molecule has 2 aromatic heterocycles. The molecule has 29 heavy (non-hydrogen) atoms. The lowest BCUT2D eigenvalue weighted by molar-refractivity contribution is 0.0942. The number of rotatable bonds is 7. The zero-order valence-electron chi connectivity index (χ0n) is 17.5. The predicted molar refractivity (Wildman–Crippen MR) is 119 cm³/mol. The first-order chi connectivity index (χ1) is 14.2. The van der Waals surface area contributed by atoms with E-state index in [1.165, 1.54) is 11.1 Å². The van der Waals surface area contributed by atoms with Crippen molar-refractivity contribution >= 4 is 11.0 Å². The van der Waals surface area contributed by atoms with Crippen LogP contribution >= 0.6 is 0 Å². The van der Waals surface area contributed by atoms with Crippen molar-refractivity contribution in [1.82, 2.24) is 25.2 Å². The van der Waals surface area contributed by atoms with Crippen molar-refractivity contribution in [3.8, 4) is 0 Å². The lowest BCUT2D eigenvalue weighted by Gasteiger charge is -2.39. The topological polar surface area (TPSA) is 56.8 Å². The number of para-hydroxylation sites is 2. The summed E-state index contributed by atoms with van der Waals surface area (Å²) in [4.78, 5) is 15.9. The number of fused-ring (bicyclic) bond motifs is 1. The average Bonchev–Trinajstić information content (AvgIpc) is 3.16. The highest BCUT2D eigenvalue weighted by molar-refractivity contribution is 5.74. The van der Waals surface area contributed by atoms with Gasteiger partial charge >= 0.3 is 0 Å². The quantitative estimate of drug-likeness (QED) is 0.586. The molecule has 1 aliphatic rings. The zero-order valence-corrected chi connectivity index (χ0v) is 17.5. The average molecular weight is 390 g/mol. The van der Waals surface area contributed by atoms with Gasteiger partial charge < -0.3 is 10.3 Å². The Bertz CT molecular complexity index is 937. The molecule has 0 aliphatic carbocycles. The van der Waals surface area contributed by atoms with Crippen LogP contribution in [0.1, 0.15) is 47.9 Å². The molecule has 5 nitrogen and oxygen atoms in total. The molecule has 1 aliphatic heterocycles. The highest BCUT2D eigenvalue weighted by Gasteiger charge is 2.30. The second kappa shape index (κ2) is 8.89. The summed E-state index contributed by atoms with van der Waals surface area (Å²) in [5.74, 6) is 1.02. The third kappa shape index (κ3) is 4.41. The molecule has 2 N–H and O–H groups in total. The number of hydrogen-bond donors (Lipinski definition) is 2. The molecule has 0 spiro atoms. The fourth-order valence-corrected chi connectivity index (χ4v) is 4.41. The van der Waals surface area contributed by atoms with E-state index in [0.29, 0.717) is 6.04 Å². The van der Waals surface area contributed by atoms with Crippen LogP contribution < -0.4 is 5.32 Å². The maximum Gasteiger partial charge on any atom is 0.125 e. The summed E-state index contributed by atoms with van der Waals surface area (Å²) in [5.41, 5.74) is 5.72. The largest absolute Gasteiger partial charge is 0.341 e. The lowest BCUT2D eigenvalue weighted by atomic mass is 9.99. The summed E-state index contributed by atoms with van der Waals surface area (Å²) in [6.45, 7) is 11.3. The molecule has 1 saturated heterocycles. The Balaban J connectivity index is 1.72. The maximum absolute atomic E-state index is 4.94. The van der Waals surface area contributed by atoms with Crippen LogP contribution in [0.25, 0.3) is 11.0 Å². The summed E-state index contributed by atoms with van der Waals surface area (Å²) in [7, 11) is 0. The van der Waals surface area contributed by atoms with Crippen LogP contribution in [0.2, 0.25) is 0 Å². The highest BCUT2D eigenvalue weighted by atomic mass is 15.2. The molecule has 0 saturated carbocycles. The molecule has 3 aromatic rings. The smallest absolute Gasteiger partial charge is 0.125 e. The fourth-order valence-electron chi connectivity index (χ4n) is 4.41. The SMILES string of the molecule is C=CCC(c1nc2ccccc2[nH]1)N(Cc1ncc(C)cc1C)C1CCNCC1. The number of hydrogen-bond acceptors (Lipinski definition) is 4. The van der Waals surface area contributed by atoms with Gasteiger partial charge in [-0.25, -0.2) is 4.98 Å². The predicted octanol–water partition coefficient (Wildman–Crippen LogP) is 4.45. The molecule has 0 radical (unpaired) electrons. The van der Waals surface area contributed by atoms with E-state index in [-0.39, 0.29) is 6.04 Å². The van der Waals surface area contributed by atoms with Gasteiger partial charge in [0.1, 0.15) is 5.82 Å². The molecule has 1 atom stereocenters. The van der Waals surface area contributed by atoms with Gasteiger partial charge in [-0.2, -0.15) is 0 Å². The molecule has 4 rings (SSSR count). The molecule has 0 amide bonds. The second-order valence-electron chi connectivity index (χ2n) is 8.11. The number of piperidine rings is 1. The van der Waals surface area contributed by atoms with Crippen LogP contribution in [0.3, 0.4) is 0 Å². The van der Waals surface area contributed by atoms with Gasteiger partial charge in [0.25, 0.3) is 0 Å². The summed E-state index contributed by atoms with van der Waals surface area (Å²) < 4.78 is 0. The maximum atomic E-state index is 4.94. The highest BCUT2D eigenvalue weighted by Crippen LogP contribution is 2.31. The van der Waals surface area contributed by atoms with Gasteiger partial charge in [0, 0.05) is 18.8 Å². The van der Waals surface area contributed by atoms with Gasteiger partial charge in [-0.1, -0.05) is 24.3 Å². The minimum absolute atomic E-state index is 0.158. The third-order valence-electron chi connectivity index (χ3n) is 5.95. The molecule has 1 fully saturated rings. The summed E-state index contributed by atoms with van der Waals surface area (Å²) >= 11 is 0. The van der Waals surface area contributed by atoms with Crippen molar-refractivity contribution in [2.24, 2.45) is 0 Å². The van der Waals surface area contributed by atoms with Crippen molar-refractivity contribution in [3.05, 3.63) is 71.8 Å². The number of pyridine rings is 1. The molecule has 1 aromatic carbocycles. The van der Waals surface area contributed by atoms with Crippen LogP contribution in [-0.4, -0.2) is 39.0 Å². The Morgan fingerprint density at radius 3 is 2.76 bits per heavy atom. The van der Waals surface area contributed by atoms with E-state index in [1.54, 1.807) is 0 Å². The minimum Gasteiger partial charge on any atom is -0.341 e. The van der Waals surface area contributed by atoms with Crippen LogP contribution in [-0.2, 0) is 6.54 Å². The first-order valence-corrected chi connectivity index (χ1v) is 10.6. The number of imidazole rings is 1. The molecule has 0 bridgehead atoms. The van der Waals surface area contributed by atoms with Gasteiger partial charge in [-0.05, 0) is 69.5 Å². The summed E-state index contributed by atoms with van der Waals surface area (Å²) in [6, 6.07) is 11.1. The van der Waals surface area contributed by atoms with E-state index >= 15 is 0 Å². The van der Waals surface area contributed by atoms with Gasteiger partial charge in [0.05, 0.1) is 22.8 Å². The van der Waals surface area contributed by atoms with E-state index < -0.39 is 0 Å². The van der Waals surface area contributed by atoms with Gasteiger partial charge in [0.2, 0.25) is 0 Å². The monoisotopic (exact) mass is 389 g/mol. The van der Waals surface area contributed by atoms with E-state index in [1.807, 2.05) is 18.3 Å². The first-order valence-electron chi connectivity index (χ1n) is 10.6. The van der Waals surface area contributed by atoms with Crippen molar-refractivity contribution in [3.63, 3.8) is 0 Å². The van der Waals surface area contributed by atoms with Crippen molar-refractivity contribution in [1.29, 1.82) is 0 Å². The number of nitrogens with zero attached hydrogens (tertiary/aromatic N) is 3. The molecule has 5 heteroatoms. The van der Waals surface area contributed by atoms with E-state index in [2.05, 4.69) is 59.9 Å². The Kier molecular flexibility index (Phi) is 6.07. The van der Waals surface area contributed by atoms with E-state index in [0.717, 1.165) is 61.4 Å². The fraction of sp³-hybridized carbons (Fsp3) is 0.417. The Hall–Kier alpha value is -2.50. The second-order valence-corrected chi connectivity index (χ2v) is 8.11. The lowest BCUT2D eigenvalue weighted by Crippen LogP contribution is -2.45. The number of benzene rings is 1. The first kappa shape index (κ1) is 19.8. The van der Waals surface area contributed by atoms with Gasteiger partial charge in [-0.15, -0.1) is 6.58 Å². The number of nitrogens with one attached hydrogen (secondary N) is 2. The molecule has 1 unspecified atom stereocenters.